The zero-order chi connectivity index (χ0) is 19.2. The van der Waals surface area contributed by atoms with Crippen LogP contribution >= 0.6 is 23.4 Å². The predicted octanol–water partition coefficient (Wildman–Crippen LogP) is 3.34. The van der Waals surface area contributed by atoms with E-state index >= 15 is 0 Å². The third-order valence-electron chi connectivity index (χ3n) is 4.29. The molecule has 0 aliphatic carbocycles. The van der Waals surface area contributed by atoms with Crippen molar-refractivity contribution in [1.29, 1.82) is 0 Å². The molecule has 3 rings (SSSR count). The van der Waals surface area contributed by atoms with Crippen LogP contribution in [0.25, 0.3) is 0 Å². The lowest BCUT2D eigenvalue weighted by atomic mass is 10.1. The summed E-state index contributed by atoms with van der Waals surface area (Å²) in [7, 11) is 1.62. The number of amides is 2. The van der Waals surface area contributed by atoms with Gasteiger partial charge in [0.1, 0.15) is 11.4 Å². The average Bonchev–Trinajstić information content (AvgIpc) is 3.34. The maximum absolute atomic E-state index is 13.3. The Balaban J connectivity index is 1.83. The van der Waals surface area contributed by atoms with Gasteiger partial charge in [-0.25, -0.2) is 0 Å². The van der Waals surface area contributed by atoms with E-state index in [1.807, 2.05) is 6.07 Å². The molecule has 2 unspecified atom stereocenters. The van der Waals surface area contributed by atoms with Crippen LogP contribution in [0.5, 0.6) is 0 Å². The summed E-state index contributed by atoms with van der Waals surface area (Å²) >= 11 is 7.76. The second-order valence-electron chi connectivity index (χ2n) is 6.09. The minimum Gasteiger partial charge on any atom is -0.472 e. The number of carbonyl (C=O) groups excluding carboxylic acids is 2. The third-order valence-corrected chi connectivity index (χ3v) is 5.95. The Kier molecular flexibility index (Phi) is 6.82. The van der Waals surface area contributed by atoms with Crippen molar-refractivity contribution >= 4 is 35.2 Å². The van der Waals surface area contributed by atoms with Crippen LogP contribution in [-0.2, 0) is 9.53 Å². The van der Waals surface area contributed by atoms with Crippen molar-refractivity contribution in [3.05, 3.63) is 59.0 Å². The zero-order valence-corrected chi connectivity index (χ0v) is 16.5. The minimum absolute atomic E-state index is 0.176. The van der Waals surface area contributed by atoms with Crippen molar-refractivity contribution in [1.82, 2.24) is 10.2 Å². The molecule has 1 aromatic heterocycles. The molecule has 2 aromatic rings. The highest BCUT2D eigenvalue weighted by atomic mass is 35.5. The van der Waals surface area contributed by atoms with Crippen LogP contribution < -0.4 is 5.32 Å². The lowest BCUT2D eigenvalue weighted by Gasteiger charge is -2.28. The number of methoxy groups -OCH3 is 1. The Morgan fingerprint density at radius 2 is 2.19 bits per heavy atom. The molecular weight excluding hydrogens is 388 g/mol. The highest BCUT2D eigenvalue weighted by molar-refractivity contribution is 7.99. The highest BCUT2D eigenvalue weighted by Gasteiger charge is 2.43. The molecular formula is C19H21ClN2O4S. The number of halogens is 1. The van der Waals surface area contributed by atoms with E-state index in [1.54, 1.807) is 48.8 Å². The highest BCUT2D eigenvalue weighted by Crippen LogP contribution is 2.42. The zero-order valence-electron chi connectivity index (χ0n) is 14.9. The Morgan fingerprint density at radius 1 is 1.37 bits per heavy atom. The third kappa shape index (κ3) is 4.48. The van der Waals surface area contributed by atoms with Crippen molar-refractivity contribution in [3.63, 3.8) is 0 Å². The molecule has 1 aliphatic heterocycles. The van der Waals surface area contributed by atoms with Gasteiger partial charge in [0, 0.05) is 31.6 Å². The number of carbonyl (C=O) groups is 2. The summed E-state index contributed by atoms with van der Waals surface area (Å²) < 4.78 is 10.2. The molecule has 144 valence electrons. The van der Waals surface area contributed by atoms with E-state index < -0.39 is 6.04 Å². The number of nitrogens with zero attached hydrogens (tertiary/aromatic N) is 1. The quantitative estimate of drug-likeness (QED) is 0.711. The molecule has 27 heavy (non-hydrogen) atoms. The van der Waals surface area contributed by atoms with Gasteiger partial charge in [-0.05, 0) is 24.6 Å². The van der Waals surface area contributed by atoms with Gasteiger partial charge in [-0.15, -0.1) is 11.8 Å². The Hall–Kier alpha value is -1.96. The van der Waals surface area contributed by atoms with Gasteiger partial charge < -0.3 is 19.4 Å². The number of hydrogen-bond donors (Lipinski definition) is 1. The Labute approximate surface area is 167 Å². The number of ether oxygens (including phenoxy) is 1. The molecule has 2 atom stereocenters. The molecule has 0 saturated carbocycles. The van der Waals surface area contributed by atoms with E-state index in [0.29, 0.717) is 35.9 Å². The molecule has 0 bridgehead atoms. The Morgan fingerprint density at radius 3 is 2.89 bits per heavy atom. The van der Waals surface area contributed by atoms with Crippen molar-refractivity contribution in [3.8, 4) is 0 Å². The van der Waals surface area contributed by atoms with Crippen LogP contribution in [0.1, 0.15) is 27.7 Å². The maximum Gasteiger partial charge on any atom is 0.257 e. The first-order chi connectivity index (χ1) is 13.1. The summed E-state index contributed by atoms with van der Waals surface area (Å²) in [5, 5.41) is 2.96. The fraction of sp³-hybridized carbons (Fsp3) is 0.368. The lowest BCUT2D eigenvalue weighted by Crippen LogP contribution is -2.48. The molecule has 1 aliphatic rings. The van der Waals surface area contributed by atoms with E-state index in [-0.39, 0.29) is 17.2 Å². The van der Waals surface area contributed by atoms with Crippen LogP contribution in [0.2, 0.25) is 5.02 Å². The molecule has 2 amide bonds. The van der Waals surface area contributed by atoms with Crippen LogP contribution in [0.15, 0.2) is 47.3 Å². The number of benzene rings is 1. The first kappa shape index (κ1) is 19.8. The normalized spacial score (nSPS) is 19.3. The molecule has 1 N–H and O–H groups in total. The van der Waals surface area contributed by atoms with Gasteiger partial charge in [0.15, 0.2) is 0 Å². The number of thioether (sulfide) groups is 1. The summed E-state index contributed by atoms with van der Waals surface area (Å²) in [6, 6.07) is 8.10. The van der Waals surface area contributed by atoms with Crippen LogP contribution in [0.3, 0.4) is 0 Å². The van der Waals surface area contributed by atoms with E-state index in [9.17, 15) is 9.59 Å². The lowest BCUT2D eigenvalue weighted by molar-refractivity contribution is -0.124. The molecule has 1 saturated heterocycles. The summed E-state index contributed by atoms with van der Waals surface area (Å²) in [5.74, 6) is 0.0566. The summed E-state index contributed by atoms with van der Waals surface area (Å²) in [4.78, 5) is 27.6. The average molecular weight is 409 g/mol. The molecule has 2 heterocycles. The smallest absolute Gasteiger partial charge is 0.257 e. The minimum atomic E-state index is -0.582. The van der Waals surface area contributed by atoms with Gasteiger partial charge in [-0.3, -0.25) is 9.59 Å². The number of nitrogens with one attached hydrogen (secondary N) is 1. The fourth-order valence-corrected chi connectivity index (χ4v) is 4.57. The maximum atomic E-state index is 13.3. The predicted molar refractivity (Wildman–Crippen MR) is 105 cm³/mol. The molecule has 0 spiro atoms. The van der Waals surface area contributed by atoms with E-state index in [4.69, 9.17) is 20.8 Å². The number of rotatable bonds is 7. The molecule has 0 radical (unpaired) electrons. The summed E-state index contributed by atoms with van der Waals surface area (Å²) in [5.41, 5.74) is 1.22. The summed E-state index contributed by atoms with van der Waals surface area (Å²) in [6.45, 7) is 1.07. The van der Waals surface area contributed by atoms with Gasteiger partial charge in [0.2, 0.25) is 5.91 Å². The number of furan rings is 1. The topological polar surface area (TPSA) is 71.8 Å². The van der Waals surface area contributed by atoms with Crippen LogP contribution in [0.4, 0.5) is 0 Å². The van der Waals surface area contributed by atoms with Crippen LogP contribution in [0, 0.1) is 0 Å². The van der Waals surface area contributed by atoms with Gasteiger partial charge in [0.25, 0.3) is 5.91 Å². The van der Waals surface area contributed by atoms with Gasteiger partial charge >= 0.3 is 0 Å². The monoisotopic (exact) mass is 408 g/mol. The van der Waals surface area contributed by atoms with Crippen molar-refractivity contribution in [2.45, 2.75) is 17.8 Å². The van der Waals surface area contributed by atoms with Gasteiger partial charge in [-0.1, -0.05) is 23.7 Å². The standard InChI is InChI=1S/C19H21ClN2O4S/c1-25-9-4-8-21-17(23)16-12-27-19(13-7-10-26-11-13)22(16)18(24)14-5-2-3-6-15(14)20/h2-3,5-7,10-11,16,19H,4,8-9,12H2,1H3,(H,21,23). The summed E-state index contributed by atoms with van der Waals surface area (Å²) in [6.07, 6.45) is 3.88. The van der Waals surface area contributed by atoms with E-state index in [2.05, 4.69) is 5.32 Å². The first-order valence-electron chi connectivity index (χ1n) is 8.61. The Bertz CT molecular complexity index is 784. The van der Waals surface area contributed by atoms with Crippen molar-refractivity contribution in [2.24, 2.45) is 0 Å². The second-order valence-corrected chi connectivity index (χ2v) is 7.61. The van der Waals surface area contributed by atoms with Crippen molar-refractivity contribution < 1.29 is 18.7 Å². The molecule has 8 heteroatoms. The van der Waals surface area contributed by atoms with Gasteiger partial charge in [0.05, 0.1) is 23.1 Å². The van der Waals surface area contributed by atoms with Crippen molar-refractivity contribution in [2.75, 3.05) is 26.0 Å². The molecule has 1 fully saturated rings. The van der Waals surface area contributed by atoms with Crippen LogP contribution in [-0.4, -0.2) is 48.8 Å². The fourth-order valence-electron chi connectivity index (χ4n) is 2.95. The van der Waals surface area contributed by atoms with Gasteiger partial charge in [-0.2, -0.15) is 0 Å². The second kappa shape index (κ2) is 9.30. The molecule has 6 nitrogen and oxygen atoms in total. The van der Waals surface area contributed by atoms with E-state index in [0.717, 1.165) is 5.56 Å². The first-order valence-corrected chi connectivity index (χ1v) is 10.0. The largest absolute Gasteiger partial charge is 0.472 e. The van der Waals surface area contributed by atoms with E-state index in [1.165, 1.54) is 11.8 Å². The molecule has 1 aromatic carbocycles. The SMILES string of the molecule is COCCCNC(=O)C1CSC(c2ccoc2)N1C(=O)c1ccccc1Cl. The number of hydrogen-bond acceptors (Lipinski definition) is 5.